The standard InChI is InChI=1S/C21H14FN3O4/c22-14-5-3-4-13(10-14)12-29-19-9-8-15(25(27)28)11-17(19)20-23-18-7-2-1-6-16(18)21(26)24-20/h1-11H,12H2,(H,23,24,26). The molecule has 4 rings (SSSR count). The third-order valence-corrected chi connectivity index (χ3v) is 4.33. The van der Waals surface area contributed by atoms with Gasteiger partial charge in [0.25, 0.3) is 11.2 Å². The smallest absolute Gasteiger partial charge is 0.270 e. The van der Waals surface area contributed by atoms with Crippen LogP contribution in [0.1, 0.15) is 5.56 Å². The van der Waals surface area contributed by atoms with Crippen LogP contribution in [0.5, 0.6) is 5.75 Å². The lowest BCUT2D eigenvalue weighted by Crippen LogP contribution is -2.10. The number of rotatable bonds is 5. The molecule has 8 heteroatoms. The normalized spacial score (nSPS) is 10.8. The Morgan fingerprint density at radius 3 is 2.69 bits per heavy atom. The van der Waals surface area contributed by atoms with E-state index in [9.17, 15) is 19.3 Å². The van der Waals surface area contributed by atoms with Crippen LogP contribution in [0.3, 0.4) is 0 Å². The molecule has 0 radical (unpaired) electrons. The Morgan fingerprint density at radius 2 is 1.90 bits per heavy atom. The lowest BCUT2D eigenvalue weighted by Gasteiger charge is -2.12. The Balaban J connectivity index is 1.79. The average Bonchev–Trinajstić information content (AvgIpc) is 2.72. The van der Waals surface area contributed by atoms with Crippen molar-refractivity contribution in [1.29, 1.82) is 0 Å². The van der Waals surface area contributed by atoms with Crippen LogP contribution in [0, 0.1) is 15.9 Å². The van der Waals surface area contributed by atoms with E-state index in [4.69, 9.17) is 4.74 Å². The Bertz CT molecular complexity index is 1290. The van der Waals surface area contributed by atoms with Crippen LogP contribution in [0.4, 0.5) is 10.1 Å². The van der Waals surface area contributed by atoms with Gasteiger partial charge in [0.15, 0.2) is 0 Å². The maximum Gasteiger partial charge on any atom is 0.270 e. The molecule has 144 valence electrons. The van der Waals surface area contributed by atoms with E-state index in [-0.39, 0.29) is 35.0 Å². The predicted molar refractivity (Wildman–Crippen MR) is 105 cm³/mol. The number of para-hydroxylation sites is 1. The van der Waals surface area contributed by atoms with Gasteiger partial charge < -0.3 is 9.72 Å². The van der Waals surface area contributed by atoms with Crippen molar-refractivity contribution in [3.05, 3.63) is 98.6 Å². The molecule has 0 saturated heterocycles. The van der Waals surface area contributed by atoms with Gasteiger partial charge in [0.05, 0.1) is 21.4 Å². The first kappa shape index (κ1) is 18.3. The van der Waals surface area contributed by atoms with Crippen LogP contribution in [0.2, 0.25) is 0 Å². The second-order valence-corrected chi connectivity index (χ2v) is 6.29. The summed E-state index contributed by atoms with van der Waals surface area (Å²) in [5.74, 6) is 0.0282. The summed E-state index contributed by atoms with van der Waals surface area (Å²) in [4.78, 5) is 30.2. The summed E-state index contributed by atoms with van der Waals surface area (Å²) < 4.78 is 19.2. The van der Waals surface area contributed by atoms with Crippen molar-refractivity contribution in [1.82, 2.24) is 9.97 Å². The fourth-order valence-electron chi connectivity index (χ4n) is 2.94. The molecular formula is C21H14FN3O4. The zero-order chi connectivity index (χ0) is 20.4. The third kappa shape index (κ3) is 3.81. The largest absolute Gasteiger partial charge is 0.488 e. The van der Waals surface area contributed by atoms with Gasteiger partial charge in [-0.3, -0.25) is 14.9 Å². The van der Waals surface area contributed by atoms with E-state index in [1.165, 1.54) is 30.3 Å². The van der Waals surface area contributed by atoms with E-state index in [1.807, 2.05) is 0 Å². The number of benzene rings is 3. The molecule has 0 aliphatic heterocycles. The summed E-state index contributed by atoms with van der Waals surface area (Å²) in [5, 5.41) is 11.6. The van der Waals surface area contributed by atoms with Crippen molar-refractivity contribution in [3.8, 4) is 17.1 Å². The summed E-state index contributed by atoms with van der Waals surface area (Å²) in [6, 6.07) is 16.7. The van der Waals surface area contributed by atoms with Gasteiger partial charge >= 0.3 is 0 Å². The molecule has 0 bridgehead atoms. The zero-order valence-corrected chi connectivity index (χ0v) is 15.0. The summed E-state index contributed by atoms with van der Waals surface area (Å²) >= 11 is 0. The molecule has 0 aliphatic rings. The van der Waals surface area contributed by atoms with Crippen molar-refractivity contribution in [2.24, 2.45) is 0 Å². The molecule has 1 heterocycles. The van der Waals surface area contributed by atoms with E-state index in [1.54, 1.807) is 36.4 Å². The molecular weight excluding hydrogens is 377 g/mol. The van der Waals surface area contributed by atoms with Crippen molar-refractivity contribution >= 4 is 16.6 Å². The minimum Gasteiger partial charge on any atom is -0.488 e. The highest BCUT2D eigenvalue weighted by molar-refractivity contribution is 5.80. The molecule has 0 unspecified atom stereocenters. The van der Waals surface area contributed by atoms with Gasteiger partial charge in [0, 0.05) is 12.1 Å². The number of aromatic nitrogens is 2. The van der Waals surface area contributed by atoms with Crippen molar-refractivity contribution in [2.75, 3.05) is 0 Å². The van der Waals surface area contributed by atoms with Crippen molar-refractivity contribution in [2.45, 2.75) is 6.61 Å². The molecule has 0 spiro atoms. The SMILES string of the molecule is O=c1[nH]c(-c2cc([N+](=O)[O-])ccc2OCc2cccc(F)c2)nc2ccccc12. The number of halogens is 1. The molecule has 7 nitrogen and oxygen atoms in total. The van der Waals surface area contributed by atoms with Gasteiger partial charge in [0.2, 0.25) is 0 Å². The van der Waals surface area contributed by atoms with E-state index in [0.717, 1.165) is 0 Å². The number of nitrogens with one attached hydrogen (secondary N) is 1. The molecule has 1 aromatic heterocycles. The number of non-ortho nitro benzene ring substituents is 1. The third-order valence-electron chi connectivity index (χ3n) is 4.33. The minimum absolute atomic E-state index is 0.0420. The number of nitro benzene ring substituents is 1. The maximum atomic E-state index is 13.4. The molecule has 1 N–H and O–H groups in total. The Hall–Kier alpha value is -4.07. The second-order valence-electron chi connectivity index (χ2n) is 6.29. The number of nitro groups is 1. The van der Waals surface area contributed by atoms with Crippen LogP contribution >= 0.6 is 0 Å². The lowest BCUT2D eigenvalue weighted by atomic mass is 10.1. The molecule has 0 saturated carbocycles. The van der Waals surface area contributed by atoms with Gasteiger partial charge in [-0.2, -0.15) is 0 Å². The van der Waals surface area contributed by atoms with Crippen LogP contribution in [-0.4, -0.2) is 14.9 Å². The second kappa shape index (κ2) is 7.51. The summed E-state index contributed by atoms with van der Waals surface area (Å²) in [6.45, 7) is 0.0420. The number of ether oxygens (including phenoxy) is 1. The number of nitrogens with zero attached hydrogens (tertiary/aromatic N) is 2. The predicted octanol–water partition coefficient (Wildman–Crippen LogP) is 4.22. The van der Waals surface area contributed by atoms with Crippen LogP contribution < -0.4 is 10.3 Å². The highest BCUT2D eigenvalue weighted by atomic mass is 19.1. The van der Waals surface area contributed by atoms with E-state index in [0.29, 0.717) is 16.5 Å². The molecule has 3 aromatic carbocycles. The minimum atomic E-state index is -0.543. The number of H-pyrrole nitrogens is 1. The summed E-state index contributed by atoms with van der Waals surface area (Å²) in [6.07, 6.45) is 0. The van der Waals surface area contributed by atoms with Gasteiger partial charge in [-0.15, -0.1) is 0 Å². The van der Waals surface area contributed by atoms with Crippen LogP contribution in [-0.2, 0) is 6.61 Å². The zero-order valence-electron chi connectivity index (χ0n) is 15.0. The average molecular weight is 391 g/mol. The number of hydrogen-bond donors (Lipinski definition) is 1. The Labute approximate surface area is 163 Å². The lowest BCUT2D eigenvalue weighted by molar-refractivity contribution is -0.384. The van der Waals surface area contributed by atoms with Crippen molar-refractivity contribution in [3.63, 3.8) is 0 Å². The van der Waals surface area contributed by atoms with Crippen LogP contribution in [0.15, 0.2) is 71.5 Å². The Kier molecular flexibility index (Phi) is 4.74. The number of hydrogen-bond acceptors (Lipinski definition) is 5. The highest BCUT2D eigenvalue weighted by Crippen LogP contribution is 2.32. The molecule has 0 fully saturated rings. The quantitative estimate of drug-likeness (QED) is 0.406. The van der Waals surface area contributed by atoms with E-state index in [2.05, 4.69) is 9.97 Å². The van der Waals surface area contributed by atoms with Gasteiger partial charge in [0.1, 0.15) is 24.0 Å². The van der Waals surface area contributed by atoms with Crippen molar-refractivity contribution < 1.29 is 14.1 Å². The van der Waals surface area contributed by atoms with Crippen LogP contribution in [0.25, 0.3) is 22.3 Å². The molecule has 0 aliphatic carbocycles. The maximum absolute atomic E-state index is 13.4. The summed E-state index contributed by atoms with van der Waals surface area (Å²) in [7, 11) is 0. The first-order valence-electron chi connectivity index (χ1n) is 8.66. The van der Waals surface area contributed by atoms with Gasteiger partial charge in [-0.1, -0.05) is 24.3 Å². The molecule has 4 aromatic rings. The van der Waals surface area contributed by atoms with Gasteiger partial charge in [-0.25, -0.2) is 9.37 Å². The van der Waals surface area contributed by atoms with E-state index < -0.39 is 10.7 Å². The Morgan fingerprint density at radius 1 is 1.07 bits per heavy atom. The number of fused-ring (bicyclic) bond motifs is 1. The number of aromatic amines is 1. The monoisotopic (exact) mass is 391 g/mol. The molecule has 0 amide bonds. The first-order chi connectivity index (χ1) is 14.0. The molecule has 0 atom stereocenters. The summed E-state index contributed by atoms with van der Waals surface area (Å²) in [5.41, 5.74) is 0.767. The molecule has 29 heavy (non-hydrogen) atoms. The highest BCUT2D eigenvalue weighted by Gasteiger charge is 2.16. The van der Waals surface area contributed by atoms with E-state index >= 15 is 0 Å². The topological polar surface area (TPSA) is 98.1 Å². The first-order valence-corrected chi connectivity index (χ1v) is 8.66. The van der Waals surface area contributed by atoms with Gasteiger partial charge in [-0.05, 0) is 35.9 Å². The fourth-order valence-corrected chi connectivity index (χ4v) is 2.94. The fraction of sp³-hybridized carbons (Fsp3) is 0.0476.